The second-order valence-corrected chi connectivity index (χ2v) is 3.76. The van der Waals surface area contributed by atoms with E-state index in [9.17, 15) is 0 Å². The van der Waals surface area contributed by atoms with Crippen LogP contribution in [0.1, 0.15) is 18.1 Å². The molecule has 1 aliphatic rings. The van der Waals surface area contributed by atoms with Crippen LogP contribution >= 0.6 is 0 Å². The van der Waals surface area contributed by atoms with Gasteiger partial charge in [-0.3, -0.25) is 4.68 Å². The SMILES string of the molecule is Nc1cnn(Cc2nnc3n2CCC3)c1. The van der Waals surface area contributed by atoms with Gasteiger partial charge in [0.2, 0.25) is 0 Å². The normalized spacial score (nSPS) is 14.4. The van der Waals surface area contributed by atoms with Crippen molar-refractivity contribution in [3.8, 4) is 0 Å². The van der Waals surface area contributed by atoms with Crippen molar-refractivity contribution in [2.45, 2.75) is 25.9 Å². The fourth-order valence-corrected chi connectivity index (χ4v) is 1.94. The molecule has 2 N–H and O–H groups in total. The fraction of sp³-hybridized carbons (Fsp3) is 0.444. The van der Waals surface area contributed by atoms with E-state index < -0.39 is 0 Å². The topological polar surface area (TPSA) is 74.6 Å². The Balaban J connectivity index is 1.88. The summed E-state index contributed by atoms with van der Waals surface area (Å²) in [6.45, 7) is 1.67. The van der Waals surface area contributed by atoms with Crippen LogP contribution < -0.4 is 5.73 Å². The van der Waals surface area contributed by atoms with Crippen molar-refractivity contribution in [1.29, 1.82) is 0 Å². The second-order valence-electron chi connectivity index (χ2n) is 3.76. The first kappa shape index (κ1) is 8.46. The number of fused-ring (bicyclic) bond motifs is 1. The average Bonchev–Trinajstić information content (AvgIpc) is 2.85. The summed E-state index contributed by atoms with van der Waals surface area (Å²) in [5.74, 6) is 2.05. The number of aryl methyl sites for hydroxylation is 1. The monoisotopic (exact) mass is 204 g/mol. The van der Waals surface area contributed by atoms with Gasteiger partial charge in [0.1, 0.15) is 12.4 Å². The minimum absolute atomic E-state index is 0.643. The number of hydrogen-bond donors (Lipinski definition) is 1. The number of aromatic nitrogens is 5. The van der Waals surface area contributed by atoms with Gasteiger partial charge < -0.3 is 10.3 Å². The Kier molecular flexibility index (Phi) is 1.74. The van der Waals surface area contributed by atoms with Crippen LogP contribution in [0.25, 0.3) is 0 Å². The first-order valence-corrected chi connectivity index (χ1v) is 5.02. The van der Waals surface area contributed by atoms with Crippen molar-refractivity contribution >= 4 is 5.69 Å². The zero-order valence-electron chi connectivity index (χ0n) is 8.30. The van der Waals surface area contributed by atoms with Gasteiger partial charge in [-0.2, -0.15) is 5.10 Å². The first-order valence-electron chi connectivity index (χ1n) is 5.02. The standard InChI is InChI=1S/C9H12N6/c10-7-4-11-14(5-7)6-9-13-12-8-2-1-3-15(8)9/h4-5H,1-3,6,10H2. The van der Waals surface area contributed by atoms with Crippen molar-refractivity contribution in [2.24, 2.45) is 0 Å². The van der Waals surface area contributed by atoms with E-state index in [1.807, 2.05) is 0 Å². The molecule has 0 radical (unpaired) electrons. The molecular weight excluding hydrogens is 192 g/mol. The molecule has 0 unspecified atom stereocenters. The zero-order valence-corrected chi connectivity index (χ0v) is 8.30. The van der Waals surface area contributed by atoms with Crippen molar-refractivity contribution < 1.29 is 0 Å². The van der Waals surface area contributed by atoms with Gasteiger partial charge in [0.15, 0.2) is 5.82 Å². The highest BCUT2D eigenvalue weighted by Gasteiger charge is 2.17. The lowest BCUT2D eigenvalue weighted by Gasteiger charge is -2.02. The molecule has 3 heterocycles. The third kappa shape index (κ3) is 1.38. The lowest BCUT2D eigenvalue weighted by molar-refractivity contribution is 0.604. The zero-order chi connectivity index (χ0) is 10.3. The summed E-state index contributed by atoms with van der Waals surface area (Å²) in [7, 11) is 0. The van der Waals surface area contributed by atoms with Gasteiger partial charge in [0, 0.05) is 19.2 Å². The van der Waals surface area contributed by atoms with Crippen LogP contribution in [0, 0.1) is 0 Å². The van der Waals surface area contributed by atoms with Crippen molar-refractivity contribution in [1.82, 2.24) is 24.5 Å². The highest BCUT2D eigenvalue weighted by Crippen LogP contribution is 2.14. The Hall–Kier alpha value is -1.85. The third-order valence-corrected chi connectivity index (χ3v) is 2.64. The molecule has 3 rings (SSSR count). The second kappa shape index (κ2) is 3.08. The van der Waals surface area contributed by atoms with Gasteiger partial charge in [-0.15, -0.1) is 10.2 Å². The largest absolute Gasteiger partial charge is 0.396 e. The van der Waals surface area contributed by atoms with E-state index in [4.69, 9.17) is 5.73 Å². The van der Waals surface area contributed by atoms with Crippen LogP contribution in [0.5, 0.6) is 0 Å². The minimum Gasteiger partial charge on any atom is -0.396 e. The molecule has 0 saturated carbocycles. The molecule has 0 spiro atoms. The van der Waals surface area contributed by atoms with E-state index >= 15 is 0 Å². The van der Waals surface area contributed by atoms with E-state index in [2.05, 4.69) is 19.9 Å². The van der Waals surface area contributed by atoms with Crippen LogP contribution in [0.4, 0.5) is 5.69 Å². The summed E-state index contributed by atoms with van der Waals surface area (Å²) < 4.78 is 3.95. The van der Waals surface area contributed by atoms with Gasteiger partial charge in [0.05, 0.1) is 11.9 Å². The van der Waals surface area contributed by atoms with Crippen LogP contribution in [0.15, 0.2) is 12.4 Å². The predicted octanol–water partition coefficient (Wildman–Crippen LogP) is 0.0513. The summed E-state index contributed by atoms with van der Waals surface area (Å²) in [5, 5.41) is 12.4. The van der Waals surface area contributed by atoms with E-state index in [-0.39, 0.29) is 0 Å². The maximum Gasteiger partial charge on any atom is 0.154 e. The Morgan fingerprint density at radius 1 is 1.40 bits per heavy atom. The lowest BCUT2D eigenvalue weighted by Crippen LogP contribution is -2.07. The molecular formula is C9H12N6. The summed E-state index contributed by atoms with van der Waals surface area (Å²) >= 11 is 0. The average molecular weight is 204 g/mol. The number of anilines is 1. The van der Waals surface area contributed by atoms with Crippen LogP contribution in [0.3, 0.4) is 0 Å². The molecule has 0 amide bonds. The summed E-state index contributed by atoms with van der Waals surface area (Å²) in [6, 6.07) is 0. The van der Waals surface area contributed by atoms with Gasteiger partial charge in [-0.1, -0.05) is 0 Å². The molecule has 6 nitrogen and oxygen atoms in total. The molecule has 2 aromatic heterocycles. The highest BCUT2D eigenvalue weighted by atomic mass is 15.3. The number of nitrogen functional groups attached to an aromatic ring is 1. The van der Waals surface area contributed by atoms with E-state index in [1.54, 1.807) is 17.1 Å². The Bertz CT molecular complexity index is 483. The molecule has 0 aliphatic carbocycles. The molecule has 15 heavy (non-hydrogen) atoms. The molecule has 0 bridgehead atoms. The molecule has 0 aromatic carbocycles. The molecule has 0 saturated heterocycles. The van der Waals surface area contributed by atoms with Crippen LogP contribution in [-0.4, -0.2) is 24.5 Å². The van der Waals surface area contributed by atoms with Crippen molar-refractivity contribution in [2.75, 3.05) is 5.73 Å². The lowest BCUT2D eigenvalue weighted by atomic mass is 10.4. The fourth-order valence-electron chi connectivity index (χ4n) is 1.94. The third-order valence-electron chi connectivity index (χ3n) is 2.64. The summed E-state index contributed by atoms with van der Waals surface area (Å²) in [5.41, 5.74) is 6.27. The first-order chi connectivity index (χ1) is 7.33. The van der Waals surface area contributed by atoms with Gasteiger partial charge in [0.25, 0.3) is 0 Å². The number of nitrogens with zero attached hydrogens (tertiary/aromatic N) is 5. The molecule has 0 atom stereocenters. The number of nitrogens with two attached hydrogens (primary N) is 1. The van der Waals surface area contributed by atoms with E-state index in [0.29, 0.717) is 12.2 Å². The Morgan fingerprint density at radius 2 is 2.33 bits per heavy atom. The van der Waals surface area contributed by atoms with E-state index in [0.717, 1.165) is 24.6 Å². The smallest absolute Gasteiger partial charge is 0.154 e. The number of hydrogen-bond acceptors (Lipinski definition) is 4. The van der Waals surface area contributed by atoms with E-state index in [1.165, 1.54) is 6.42 Å². The van der Waals surface area contributed by atoms with Crippen molar-refractivity contribution in [3.05, 3.63) is 24.0 Å². The Morgan fingerprint density at radius 3 is 3.13 bits per heavy atom. The van der Waals surface area contributed by atoms with Crippen molar-refractivity contribution in [3.63, 3.8) is 0 Å². The predicted molar refractivity (Wildman–Crippen MR) is 54.1 cm³/mol. The van der Waals surface area contributed by atoms with Crippen LogP contribution in [0.2, 0.25) is 0 Å². The van der Waals surface area contributed by atoms with Gasteiger partial charge in [-0.05, 0) is 6.42 Å². The summed E-state index contributed by atoms with van der Waals surface area (Å²) in [4.78, 5) is 0. The van der Waals surface area contributed by atoms with Gasteiger partial charge in [-0.25, -0.2) is 0 Å². The molecule has 0 fully saturated rings. The highest BCUT2D eigenvalue weighted by molar-refractivity contribution is 5.30. The van der Waals surface area contributed by atoms with Gasteiger partial charge >= 0.3 is 0 Å². The molecule has 1 aliphatic heterocycles. The quantitative estimate of drug-likeness (QED) is 0.750. The summed E-state index contributed by atoms with van der Waals surface area (Å²) in [6.07, 6.45) is 5.64. The molecule has 78 valence electrons. The maximum absolute atomic E-state index is 5.59. The van der Waals surface area contributed by atoms with Crippen LogP contribution in [-0.2, 0) is 19.5 Å². The number of rotatable bonds is 2. The molecule has 2 aromatic rings. The molecule has 6 heteroatoms. The Labute approximate surface area is 86.7 Å². The maximum atomic E-state index is 5.59. The minimum atomic E-state index is 0.643.